The molecule has 19 heavy (non-hydrogen) atoms. The maximum atomic E-state index is 11.9. The molecule has 3 atom stereocenters. The Bertz CT molecular complexity index is 550. The van der Waals surface area contributed by atoms with Gasteiger partial charge in [-0.15, -0.1) is 0 Å². The zero-order valence-corrected chi connectivity index (χ0v) is 11.7. The number of hydrogen-bond donors (Lipinski definition) is 2. The van der Waals surface area contributed by atoms with Crippen molar-refractivity contribution < 1.29 is 9.90 Å². The average Bonchev–Trinajstić information content (AvgIpc) is 2.86. The van der Waals surface area contributed by atoms with Crippen LogP contribution in [-0.4, -0.2) is 34.5 Å². The van der Waals surface area contributed by atoms with Crippen LogP contribution in [0.3, 0.4) is 0 Å². The molecule has 0 saturated carbocycles. The first-order valence-corrected chi connectivity index (χ1v) is 6.97. The van der Waals surface area contributed by atoms with Crippen LogP contribution in [0.15, 0.2) is 12.1 Å². The van der Waals surface area contributed by atoms with E-state index in [9.17, 15) is 9.90 Å². The minimum atomic E-state index is -0.380. The summed E-state index contributed by atoms with van der Waals surface area (Å²) in [5.74, 6) is 0.148. The smallest absolute Gasteiger partial charge is 0.239 e. The van der Waals surface area contributed by atoms with E-state index in [2.05, 4.69) is 0 Å². The van der Waals surface area contributed by atoms with Gasteiger partial charge in [-0.2, -0.15) is 0 Å². The minimum absolute atomic E-state index is 0.00913. The minimum Gasteiger partial charge on any atom is -0.508 e. The third kappa shape index (κ3) is 1.98. The first-order chi connectivity index (χ1) is 8.99. The van der Waals surface area contributed by atoms with Crippen molar-refractivity contribution in [3.63, 3.8) is 0 Å². The maximum absolute atomic E-state index is 11.9. The lowest BCUT2D eigenvalue weighted by Gasteiger charge is -2.17. The molecule has 2 fully saturated rings. The Hall–Kier alpha value is -0.970. The number of benzene rings is 1. The van der Waals surface area contributed by atoms with E-state index in [-0.39, 0.29) is 29.7 Å². The molecule has 2 saturated heterocycles. The number of aromatic hydroxyl groups is 1. The molecule has 0 spiro atoms. The molecule has 0 bridgehead atoms. The number of fused-ring (bicyclic) bond motifs is 1. The monoisotopic (exact) mass is 300 g/mol. The van der Waals surface area contributed by atoms with Gasteiger partial charge in [0.2, 0.25) is 5.91 Å². The molecule has 2 aliphatic heterocycles. The fourth-order valence-corrected chi connectivity index (χ4v) is 3.65. The zero-order valence-electron chi connectivity index (χ0n) is 10.1. The largest absolute Gasteiger partial charge is 0.508 e. The van der Waals surface area contributed by atoms with Crippen molar-refractivity contribution in [2.75, 3.05) is 6.54 Å². The molecule has 2 heterocycles. The predicted octanol–water partition coefficient (Wildman–Crippen LogP) is 2.11. The van der Waals surface area contributed by atoms with E-state index in [1.807, 2.05) is 0 Å². The second-order valence-electron chi connectivity index (χ2n) is 5.21. The summed E-state index contributed by atoms with van der Waals surface area (Å²) < 4.78 is 0. The van der Waals surface area contributed by atoms with Gasteiger partial charge in [0.25, 0.3) is 0 Å². The molecule has 0 aliphatic carbocycles. The van der Waals surface area contributed by atoms with Crippen LogP contribution in [-0.2, 0) is 4.79 Å². The quantitative estimate of drug-likeness (QED) is 0.835. The van der Waals surface area contributed by atoms with Crippen molar-refractivity contribution in [1.29, 1.82) is 0 Å². The fourth-order valence-electron chi connectivity index (χ4n) is 3.17. The van der Waals surface area contributed by atoms with Gasteiger partial charge in [0, 0.05) is 24.1 Å². The normalized spacial score (nSPS) is 29.9. The molecule has 4 nitrogen and oxygen atoms in total. The molecule has 3 N–H and O–H groups in total. The third-order valence-corrected chi connectivity index (χ3v) is 4.88. The Labute approximate surface area is 121 Å². The summed E-state index contributed by atoms with van der Waals surface area (Å²) >= 11 is 12.2. The molecule has 0 radical (unpaired) electrons. The summed E-state index contributed by atoms with van der Waals surface area (Å²) in [4.78, 5) is 13.7. The number of rotatable bonds is 1. The number of nitrogens with two attached hydrogens (primary N) is 1. The predicted molar refractivity (Wildman–Crippen MR) is 73.6 cm³/mol. The molecular weight excluding hydrogens is 287 g/mol. The topological polar surface area (TPSA) is 66.6 Å². The van der Waals surface area contributed by atoms with Crippen LogP contribution in [0.25, 0.3) is 0 Å². The highest BCUT2D eigenvalue weighted by molar-refractivity contribution is 6.42. The first-order valence-electron chi connectivity index (χ1n) is 6.22. The van der Waals surface area contributed by atoms with Crippen LogP contribution >= 0.6 is 23.2 Å². The fraction of sp³-hybridized carbons (Fsp3) is 0.462. The van der Waals surface area contributed by atoms with E-state index in [1.165, 1.54) is 0 Å². The van der Waals surface area contributed by atoms with Gasteiger partial charge in [-0.3, -0.25) is 4.79 Å². The first kappa shape index (κ1) is 13.0. The Morgan fingerprint density at radius 3 is 2.74 bits per heavy atom. The second kappa shape index (κ2) is 4.54. The molecular formula is C13H14Cl2N2O2. The van der Waals surface area contributed by atoms with E-state index in [4.69, 9.17) is 28.9 Å². The summed E-state index contributed by atoms with van der Waals surface area (Å²) in [7, 11) is 0. The van der Waals surface area contributed by atoms with Gasteiger partial charge in [0.15, 0.2) is 0 Å². The molecule has 1 aromatic rings. The Morgan fingerprint density at radius 2 is 2.05 bits per heavy atom. The third-order valence-electron chi connectivity index (χ3n) is 4.06. The number of carbonyl (C=O) groups is 1. The van der Waals surface area contributed by atoms with E-state index in [0.717, 1.165) is 6.42 Å². The molecule has 1 aromatic carbocycles. The van der Waals surface area contributed by atoms with Crippen molar-refractivity contribution in [3.05, 3.63) is 27.7 Å². The molecule has 6 heteroatoms. The van der Waals surface area contributed by atoms with Gasteiger partial charge in [-0.05, 0) is 25.0 Å². The standard InChI is InChI=1S/C13H14Cl2N2O2/c14-8-1-2-10(18)11(12(8)15)6-3-7-4-9(16)13(19)17(7)5-6/h1-2,6-7,9,18H,3-5,16H2/t6-,7-,9+/m0/s1. The average molecular weight is 301 g/mol. The molecule has 1 amide bonds. The molecule has 2 aliphatic rings. The van der Waals surface area contributed by atoms with Gasteiger partial charge < -0.3 is 15.7 Å². The number of halogens is 2. The summed E-state index contributed by atoms with van der Waals surface area (Å²) in [6.07, 6.45) is 1.45. The van der Waals surface area contributed by atoms with E-state index in [1.54, 1.807) is 17.0 Å². The lowest BCUT2D eigenvalue weighted by Crippen LogP contribution is -2.34. The lowest BCUT2D eigenvalue weighted by atomic mass is 9.93. The number of carbonyl (C=O) groups excluding carboxylic acids is 1. The van der Waals surface area contributed by atoms with Crippen LogP contribution in [0, 0.1) is 0 Å². The van der Waals surface area contributed by atoms with E-state index < -0.39 is 0 Å². The van der Waals surface area contributed by atoms with E-state index >= 15 is 0 Å². The highest BCUT2D eigenvalue weighted by Gasteiger charge is 2.45. The lowest BCUT2D eigenvalue weighted by molar-refractivity contribution is -0.128. The van der Waals surface area contributed by atoms with Crippen molar-refractivity contribution in [2.45, 2.75) is 30.8 Å². The van der Waals surface area contributed by atoms with Gasteiger partial charge in [0.05, 0.1) is 16.1 Å². The number of hydrogen-bond acceptors (Lipinski definition) is 3. The highest BCUT2D eigenvalue weighted by Crippen LogP contribution is 2.44. The maximum Gasteiger partial charge on any atom is 0.239 e. The van der Waals surface area contributed by atoms with Crippen LogP contribution in [0.2, 0.25) is 10.0 Å². The van der Waals surface area contributed by atoms with Gasteiger partial charge in [-0.1, -0.05) is 23.2 Å². The summed E-state index contributed by atoms with van der Waals surface area (Å²) in [5.41, 5.74) is 6.39. The van der Waals surface area contributed by atoms with Crippen LogP contribution in [0.5, 0.6) is 5.75 Å². The molecule has 102 valence electrons. The van der Waals surface area contributed by atoms with Crippen molar-refractivity contribution in [3.8, 4) is 5.75 Å². The van der Waals surface area contributed by atoms with Crippen LogP contribution < -0.4 is 5.73 Å². The summed E-state index contributed by atoms with van der Waals surface area (Å²) in [6.45, 7) is 0.546. The Morgan fingerprint density at radius 1 is 1.32 bits per heavy atom. The molecule has 0 unspecified atom stereocenters. The van der Waals surface area contributed by atoms with Crippen molar-refractivity contribution in [1.82, 2.24) is 4.90 Å². The SMILES string of the molecule is N[C@@H]1C[C@@H]2C[C@H](c3c(O)ccc(Cl)c3Cl)CN2C1=O. The van der Waals surface area contributed by atoms with E-state index in [0.29, 0.717) is 28.6 Å². The van der Waals surface area contributed by atoms with Crippen LogP contribution in [0.1, 0.15) is 24.3 Å². The number of phenols is 1. The Balaban J connectivity index is 1.91. The summed E-state index contributed by atoms with van der Waals surface area (Å²) in [6, 6.07) is 2.89. The van der Waals surface area contributed by atoms with Crippen LogP contribution in [0.4, 0.5) is 0 Å². The van der Waals surface area contributed by atoms with Gasteiger partial charge in [0.1, 0.15) is 5.75 Å². The van der Waals surface area contributed by atoms with Gasteiger partial charge in [-0.25, -0.2) is 0 Å². The molecule has 3 rings (SSSR count). The molecule has 0 aromatic heterocycles. The zero-order chi connectivity index (χ0) is 13.7. The number of nitrogens with zero attached hydrogens (tertiary/aromatic N) is 1. The Kier molecular flexibility index (Phi) is 3.12. The van der Waals surface area contributed by atoms with Crippen molar-refractivity contribution in [2.24, 2.45) is 5.73 Å². The van der Waals surface area contributed by atoms with Crippen molar-refractivity contribution >= 4 is 29.1 Å². The summed E-state index contributed by atoms with van der Waals surface area (Å²) in [5, 5.41) is 10.8. The van der Waals surface area contributed by atoms with Gasteiger partial charge >= 0.3 is 0 Å². The highest BCUT2D eigenvalue weighted by atomic mass is 35.5. The second-order valence-corrected chi connectivity index (χ2v) is 6.00. The number of amides is 1. The number of phenolic OH excluding ortho intramolecular Hbond substituents is 1.